The Morgan fingerprint density at radius 1 is 1.39 bits per heavy atom. The van der Waals surface area contributed by atoms with Gasteiger partial charge in [0, 0.05) is 5.56 Å². The molecule has 7 heteroatoms. The molecule has 0 aliphatic heterocycles. The van der Waals surface area contributed by atoms with Crippen LogP contribution in [-0.2, 0) is 0 Å². The van der Waals surface area contributed by atoms with E-state index in [4.69, 9.17) is 11.1 Å². The third kappa shape index (κ3) is 2.43. The van der Waals surface area contributed by atoms with Crippen LogP contribution < -0.4 is 5.84 Å². The quantitative estimate of drug-likeness (QED) is 0.674. The number of nitrogens with two attached hydrogens (primary N) is 1. The first kappa shape index (κ1) is 12.4. The van der Waals surface area contributed by atoms with E-state index in [9.17, 15) is 4.39 Å². The van der Waals surface area contributed by atoms with Crippen molar-refractivity contribution in [2.45, 2.75) is 17.3 Å². The molecule has 1 aromatic heterocycles. The van der Waals surface area contributed by atoms with Gasteiger partial charge in [-0.25, -0.2) is 9.07 Å². The van der Waals surface area contributed by atoms with Gasteiger partial charge in [-0.05, 0) is 31.2 Å². The summed E-state index contributed by atoms with van der Waals surface area (Å²) in [6, 6.07) is 7.88. The third-order valence-corrected chi connectivity index (χ3v) is 3.18. The highest BCUT2D eigenvalue weighted by Crippen LogP contribution is 2.24. The van der Waals surface area contributed by atoms with Crippen LogP contribution in [0.2, 0.25) is 0 Å². The fraction of sp³-hybridized carbons (Fsp3) is 0.182. The zero-order chi connectivity index (χ0) is 13.1. The van der Waals surface area contributed by atoms with E-state index >= 15 is 0 Å². The van der Waals surface area contributed by atoms with Crippen LogP contribution in [0, 0.1) is 17.1 Å². The first-order valence-electron chi connectivity index (χ1n) is 5.14. The lowest BCUT2D eigenvalue weighted by Gasteiger charge is -2.04. The summed E-state index contributed by atoms with van der Waals surface area (Å²) in [7, 11) is 0. The van der Waals surface area contributed by atoms with Gasteiger partial charge in [0.25, 0.3) is 0 Å². The lowest BCUT2D eigenvalue weighted by molar-refractivity contribution is 0.628. The summed E-state index contributed by atoms with van der Waals surface area (Å²) in [5.41, 5.74) is 0.669. The number of aromatic nitrogens is 3. The largest absolute Gasteiger partial charge is 0.335 e. The molecule has 0 bridgehead atoms. The standard InChI is InChI=1S/C11H10FN5S/c1-7(6-13)18-11-16-15-10(17(11)14)8-2-4-9(12)5-3-8/h2-5,7H,14H2,1H3/t7-/m1/s1. The lowest BCUT2D eigenvalue weighted by Crippen LogP contribution is -2.12. The summed E-state index contributed by atoms with van der Waals surface area (Å²) in [4.78, 5) is 0. The van der Waals surface area contributed by atoms with E-state index in [-0.39, 0.29) is 11.1 Å². The van der Waals surface area contributed by atoms with Crippen LogP contribution in [0.1, 0.15) is 6.92 Å². The number of nitrogens with zero attached hydrogens (tertiary/aromatic N) is 4. The zero-order valence-electron chi connectivity index (χ0n) is 9.54. The van der Waals surface area contributed by atoms with Crippen molar-refractivity contribution in [1.29, 1.82) is 5.26 Å². The number of nitriles is 1. The molecular formula is C11H10FN5S. The molecule has 1 heterocycles. The number of thioether (sulfide) groups is 1. The van der Waals surface area contributed by atoms with Crippen LogP contribution in [0.3, 0.4) is 0 Å². The molecule has 92 valence electrons. The molecule has 5 nitrogen and oxygen atoms in total. The van der Waals surface area contributed by atoms with Gasteiger partial charge in [0.1, 0.15) is 5.82 Å². The van der Waals surface area contributed by atoms with Gasteiger partial charge in [-0.2, -0.15) is 5.26 Å². The van der Waals surface area contributed by atoms with Crippen molar-refractivity contribution in [3.05, 3.63) is 30.1 Å². The molecular weight excluding hydrogens is 253 g/mol. The Hall–Kier alpha value is -2.07. The molecule has 0 amide bonds. The Kier molecular flexibility index (Phi) is 3.48. The van der Waals surface area contributed by atoms with Crippen LogP contribution in [0.4, 0.5) is 4.39 Å². The Morgan fingerprint density at radius 3 is 2.67 bits per heavy atom. The van der Waals surface area contributed by atoms with Gasteiger partial charge in [-0.15, -0.1) is 10.2 Å². The van der Waals surface area contributed by atoms with Gasteiger partial charge in [0.2, 0.25) is 5.16 Å². The van der Waals surface area contributed by atoms with Crippen molar-refractivity contribution in [3.63, 3.8) is 0 Å². The highest BCUT2D eigenvalue weighted by Gasteiger charge is 2.14. The molecule has 2 rings (SSSR count). The first-order chi connectivity index (χ1) is 8.61. The third-order valence-electron chi connectivity index (χ3n) is 2.23. The van der Waals surface area contributed by atoms with Crippen molar-refractivity contribution in [1.82, 2.24) is 14.9 Å². The summed E-state index contributed by atoms with van der Waals surface area (Å²) in [5.74, 6) is 5.95. The van der Waals surface area contributed by atoms with E-state index in [1.54, 1.807) is 19.1 Å². The van der Waals surface area contributed by atoms with Crippen molar-refractivity contribution < 1.29 is 4.39 Å². The molecule has 0 saturated heterocycles. The molecule has 0 aliphatic carbocycles. The predicted octanol–water partition coefficient (Wildman–Crippen LogP) is 1.80. The van der Waals surface area contributed by atoms with Crippen LogP contribution >= 0.6 is 11.8 Å². The minimum absolute atomic E-state index is 0.266. The number of hydrogen-bond acceptors (Lipinski definition) is 5. The maximum Gasteiger partial charge on any atom is 0.211 e. The van der Waals surface area contributed by atoms with E-state index in [2.05, 4.69) is 16.3 Å². The number of rotatable bonds is 3. The minimum atomic E-state index is -0.325. The van der Waals surface area contributed by atoms with Crippen molar-refractivity contribution in [2.75, 3.05) is 5.84 Å². The Bertz CT molecular complexity index is 586. The Morgan fingerprint density at radius 2 is 2.06 bits per heavy atom. The predicted molar refractivity (Wildman–Crippen MR) is 66.5 cm³/mol. The normalized spacial score (nSPS) is 12.1. The number of nitrogen functional groups attached to an aromatic ring is 1. The number of halogens is 1. The van der Waals surface area contributed by atoms with E-state index in [1.165, 1.54) is 28.6 Å². The van der Waals surface area contributed by atoms with E-state index in [0.717, 1.165) is 0 Å². The average Bonchev–Trinajstić information content (AvgIpc) is 2.72. The smallest absolute Gasteiger partial charge is 0.211 e. The van der Waals surface area contributed by atoms with Gasteiger partial charge < -0.3 is 5.84 Å². The molecule has 2 N–H and O–H groups in total. The fourth-order valence-electron chi connectivity index (χ4n) is 1.34. The lowest BCUT2D eigenvalue weighted by atomic mass is 10.2. The average molecular weight is 263 g/mol. The van der Waals surface area contributed by atoms with Crippen LogP contribution in [0.5, 0.6) is 0 Å². The summed E-state index contributed by atoms with van der Waals surface area (Å²) in [6.07, 6.45) is 0. The molecule has 0 spiro atoms. The summed E-state index contributed by atoms with van der Waals surface area (Å²) < 4.78 is 14.1. The van der Waals surface area contributed by atoms with Gasteiger partial charge in [0.05, 0.1) is 11.3 Å². The zero-order valence-corrected chi connectivity index (χ0v) is 10.4. The van der Waals surface area contributed by atoms with Gasteiger partial charge in [0.15, 0.2) is 5.82 Å². The molecule has 1 aromatic carbocycles. The van der Waals surface area contributed by atoms with Crippen LogP contribution in [-0.4, -0.2) is 20.1 Å². The van der Waals surface area contributed by atoms with Gasteiger partial charge in [-0.1, -0.05) is 11.8 Å². The molecule has 0 radical (unpaired) electrons. The van der Waals surface area contributed by atoms with Crippen molar-refractivity contribution in [3.8, 4) is 17.5 Å². The van der Waals surface area contributed by atoms with Crippen molar-refractivity contribution in [2.24, 2.45) is 0 Å². The first-order valence-corrected chi connectivity index (χ1v) is 6.02. The maximum atomic E-state index is 12.8. The highest BCUT2D eigenvalue weighted by molar-refractivity contribution is 8.00. The highest BCUT2D eigenvalue weighted by atomic mass is 32.2. The second kappa shape index (κ2) is 5.06. The number of benzene rings is 1. The van der Waals surface area contributed by atoms with Crippen LogP contribution in [0.25, 0.3) is 11.4 Å². The summed E-state index contributed by atoms with van der Waals surface area (Å²) in [5, 5.41) is 16.8. The van der Waals surface area contributed by atoms with E-state index in [1.807, 2.05) is 0 Å². The fourth-order valence-corrected chi connectivity index (χ4v) is 1.99. The molecule has 0 aliphatic rings. The number of hydrogen-bond donors (Lipinski definition) is 1. The van der Waals surface area contributed by atoms with Crippen molar-refractivity contribution >= 4 is 11.8 Å². The van der Waals surface area contributed by atoms with E-state index in [0.29, 0.717) is 16.5 Å². The second-order valence-electron chi connectivity index (χ2n) is 3.57. The van der Waals surface area contributed by atoms with E-state index < -0.39 is 0 Å². The second-order valence-corrected chi connectivity index (χ2v) is 4.88. The SMILES string of the molecule is C[C@H](C#N)Sc1nnc(-c2ccc(F)cc2)n1N. The Balaban J connectivity index is 2.31. The summed E-state index contributed by atoms with van der Waals surface area (Å²) >= 11 is 1.22. The topological polar surface area (TPSA) is 80.5 Å². The molecule has 18 heavy (non-hydrogen) atoms. The molecule has 2 aromatic rings. The summed E-state index contributed by atoms with van der Waals surface area (Å²) in [6.45, 7) is 1.75. The van der Waals surface area contributed by atoms with Crippen LogP contribution in [0.15, 0.2) is 29.4 Å². The Labute approximate surface area is 107 Å². The van der Waals surface area contributed by atoms with Gasteiger partial charge in [-0.3, -0.25) is 0 Å². The molecule has 0 saturated carbocycles. The minimum Gasteiger partial charge on any atom is -0.335 e. The molecule has 0 fully saturated rings. The molecule has 1 atom stereocenters. The molecule has 0 unspecified atom stereocenters. The van der Waals surface area contributed by atoms with Gasteiger partial charge >= 0.3 is 0 Å². The maximum absolute atomic E-state index is 12.8. The monoisotopic (exact) mass is 263 g/mol.